The standard InChI is InChI=1S/C20H14Cl2FN5OS/c1-9-25-18-13-6-12(27-30-15-5-11(21)4-10(8-29)16(15)22)7-14(23)17(13)26-20-19(18)28(9)3-2-24-20/h2-7,27,29H,8H2,1H3,(H,24,26). The van der Waals surface area contributed by atoms with Crippen molar-refractivity contribution in [3.8, 4) is 11.3 Å². The number of aliphatic hydroxyl groups is 1. The van der Waals surface area contributed by atoms with E-state index in [9.17, 15) is 9.50 Å². The summed E-state index contributed by atoms with van der Waals surface area (Å²) in [6.07, 6.45) is 3.48. The fraction of sp³-hybridized carbons (Fsp3) is 0.100. The lowest BCUT2D eigenvalue weighted by atomic mass is 10.0. The molecule has 3 heterocycles. The highest BCUT2D eigenvalue weighted by atomic mass is 35.5. The zero-order valence-corrected chi connectivity index (χ0v) is 17.8. The van der Waals surface area contributed by atoms with Crippen molar-refractivity contribution in [2.45, 2.75) is 18.4 Å². The molecule has 152 valence electrons. The highest BCUT2D eigenvalue weighted by molar-refractivity contribution is 8.00. The summed E-state index contributed by atoms with van der Waals surface area (Å²) in [5.41, 5.74) is 3.50. The Hall–Kier alpha value is -2.52. The second-order valence-corrected chi connectivity index (χ2v) is 8.41. The van der Waals surface area contributed by atoms with Gasteiger partial charge in [-0.25, -0.2) is 14.4 Å². The van der Waals surface area contributed by atoms with E-state index >= 15 is 0 Å². The van der Waals surface area contributed by atoms with Gasteiger partial charge in [-0.1, -0.05) is 23.2 Å². The molecule has 0 aliphatic carbocycles. The van der Waals surface area contributed by atoms with Gasteiger partial charge >= 0.3 is 0 Å². The highest BCUT2D eigenvalue weighted by Gasteiger charge is 2.26. The van der Waals surface area contributed by atoms with Gasteiger partial charge in [-0.05, 0) is 42.6 Å². The predicted molar refractivity (Wildman–Crippen MR) is 118 cm³/mol. The highest BCUT2D eigenvalue weighted by Crippen LogP contribution is 2.43. The van der Waals surface area contributed by atoms with Crippen LogP contribution in [-0.4, -0.2) is 19.5 Å². The van der Waals surface area contributed by atoms with Crippen molar-refractivity contribution in [3.05, 3.63) is 63.9 Å². The molecule has 2 aromatic carbocycles. The smallest absolute Gasteiger partial charge is 0.157 e. The molecule has 0 saturated carbocycles. The largest absolute Gasteiger partial charge is 0.392 e. The van der Waals surface area contributed by atoms with Crippen LogP contribution >= 0.6 is 35.1 Å². The van der Waals surface area contributed by atoms with Crippen LogP contribution in [0.3, 0.4) is 0 Å². The summed E-state index contributed by atoms with van der Waals surface area (Å²) in [5, 5.41) is 13.4. The lowest BCUT2D eigenvalue weighted by Crippen LogP contribution is -2.06. The third-order valence-corrected chi connectivity index (χ3v) is 6.50. The first-order chi connectivity index (χ1) is 14.5. The molecule has 0 unspecified atom stereocenters. The molecule has 0 atom stereocenters. The maximum atomic E-state index is 14.9. The van der Waals surface area contributed by atoms with E-state index in [1.807, 2.05) is 23.6 Å². The van der Waals surface area contributed by atoms with Crippen LogP contribution in [0.4, 0.5) is 21.6 Å². The maximum Gasteiger partial charge on any atom is 0.157 e. The van der Waals surface area contributed by atoms with Crippen molar-refractivity contribution < 1.29 is 9.50 Å². The number of halogens is 3. The van der Waals surface area contributed by atoms with Gasteiger partial charge in [0, 0.05) is 39.6 Å². The number of nitrogens with zero attached hydrogens (tertiary/aromatic N) is 3. The lowest BCUT2D eigenvalue weighted by Gasteiger charge is -2.19. The maximum absolute atomic E-state index is 14.9. The summed E-state index contributed by atoms with van der Waals surface area (Å²) in [4.78, 5) is 9.57. The second kappa shape index (κ2) is 7.31. The summed E-state index contributed by atoms with van der Waals surface area (Å²) >= 11 is 13.6. The van der Waals surface area contributed by atoms with Crippen molar-refractivity contribution in [1.82, 2.24) is 14.4 Å². The number of aromatic nitrogens is 3. The zero-order valence-electron chi connectivity index (χ0n) is 15.5. The zero-order chi connectivity index (χ0) is 21.0. The number of aliphatic hydroxyl groups excluding tert-OH is 1. The SMILES string of the molecule is Cc1nc2c3c(nccn13)Nc1c(F)cc(NSc3cc(Cl)cc(CO)c3Cl)cc1-2. The Morgan fingerprint density at radius 2 is 2.10 bits per heavy atom. The molecule has 1 aliphatic heterocycles. The van der Waals surface area contributed by atoms with Crippen molar-refractivity contribution in [3.63, 3.8) is 0 Å². The first-order valence-electron chi connectivity index (χ1n) is 8.92. The number of anilines is 3. The summed E-state index contributed by atoms with van der Waals surface area (Å²) in [6.45, 7) is 1.66. The molecule has 1 aliphatic rings. The van der Waals surface area contributed by atoms with Crippen molar-refractivity contribution in [2.75, 3.05) is 10.0 Å². The van der Waals surface area contributed by atoms with E-state index in [4.69, 9.17) is 23.2 Å². The molecule has 30 heavy (non-hydrogen) atoms. The van der Waals surface area contributed by atoms with E-state index in [-0.39, 0.29) is 6.61 Å². The van der Waals surface area contributed by atoms with Gasteiger partial charge in [0.25, 0.3) is 0 Å². The topological polar surface area (TPSA) is 74.5 Å². The lowest BCUT2D eigenvalue weighted by molar-refractivity contribution is 0.281. The van der Waals surface area contributed by atoms with Crippen LogP contribution in [0.15, 0.2) is 41.6 Å². The van der Waals surface area contributed by atoms with Crippen molar-refractivity contribution in [1.29, 1.82) is 0 Å². The van der Waals surface area contributed by atoms with Crippen molar-refractivity contribution in [2.24, 2.45) is 0 Å². The Morgan fingerprint density at radius 3 is 2.90 bits per heavy atom. The van der Waals surface area contributed by atoms with Gasteiger partial charge in [-0.3, -0.25) is 4.40 Å². The molecular weight excluding hydrogens is 448 g/mol. The Labute approximate surface area is 185 Å². The molecule has 6 nitrogen and oxygen atoms in total. The van der Waals surface area contributed by atoms with E-state index in [0.29, 0.717) is 49.0 Å². The van der Waals surface area contributed by atoms with E-state index in [0.717, 1.165) is 11.3 Å². The van der Waals surface area contributed by atoms with Crippen LogP contribution in [0.1, 0.15) is 11.4 Å². The van der Waals surface area contributed by atoms with Crippen LogP contribution < -0.4 is 10.0 Å². The van der Waals surface area contributed by atoms with Gasteiger partial charge in [0.2, 0.25) is 0 Å². The first-order valence-corrected chi connectivity index (χ1v) is 10.5. The quantitative estimate of drug-likeness (QED) is 0.293. The molecular formula is C20H14Cl2FN5OS. The van der Waals surface area contributed by atoms with Crippen LogP contribution in [0.25, 0.3) is 16.8 Å². The monoisotopic (exact) mass is 461 g/mol. The number of hydrogen-bond donors (Lipinski definition) is 3. The molecule has 0 saturated heterocycles. The van der Waals surface area contributed by atoms with Crippen LogP contribution in [0, 0.1) is 12.7 Å². The van der Waals surface area contributed by atoms with Crippen LogP contribution in [0.2, 0.25) is 10.0 Å². The molecule has 2 aromatic heterocycles. The van der Waals surface area contributed by atoms with E-state index in [2.05, 4.69) is 20.0 Å². The molecule has 10 heteroatoms. The van der Waals surface area contributed by atoms with Gasteiger partial charge in [0.05, 0.1) is 17.3 Å². The third-order valence-electron chi connectivity index (χ3n) is 4.85. The predicted octanol–water partition coefficient (Wildman–Crippen LogP) is 5.82. The number of imidazole rings is 1. The van der Waals surface area contributed by atoms with Crippen LogP contribution in [0.5, 0.6) is 0 Å². The van der Waals surface area contributed by atoms with Crippen molar-refractivity contribution >= 4 is 57.9 Å². The summed E-state index contributed by atoms with van der Waals surface area (Å²) < 4.78 is 20.0. The van der Waals surface area contributed by atoms with E-state index in [1.54, 1.807) is 18.3 Å². The Balaban J connectivity index is 1.54. The molecule has 3 N–H and O–H groups in total. The number of nitrogens with one attached hydrogen (secondary N) is 2. The number of benzene rings is 2. The van der Waals surface area contributed by atoms with Crippen LogP contribution in [-0.2, 0) is 6.61 Å². The Morgan fingerprint density at radius 1 is 1.27 bits per heavy atom. The Kier molecular flexibility index (Phi) is 4.74. The fourth-order valence-electron chi connectivity index (χ4n) is 3.49. The minimum absolute atomic E-state index is 0.227. The summed E-state index contributed by atoms with van der Waals surface area (Å²) in [5.74, 6) is 0.921. The van der Waals surface area contributed by atoms with E-state index < -0.39 is 5.82 Å². The van der Waals surface area contributed by atoms with Gasteiger partial charge in [-0.15, -0.1) is 0 Å². The normalized spacial score (nSPS) is 12.0. The van der Waals surface area contributed by atoms with E-state index in [1.165, 1.54) is 18.0 Å². The average Bonchev–Trinajstić information content (AvgIpc) is 3.07. The number of fused-ring (bicyclic) bond motifs is 2. The average molecular weight is 462 g/mol. The Bertz CT molecular complexity index is 1330. The molecule has 0 bridgehead atoms. The summed E-state index contributed by atoms with van der Waals surface area (Å²) in [7, 11) is 0. The second-order valence-electron chi connectivity index (χ2n) is 6.75. The fourth-order valence-corrected chi connectivity index (χ4v) is 4.83. The van der Waals surface area contributed by atoms with Gasteiger partial charge in [-0.2, -0.15) is 0 Å². The van der Waals surface area contributed by atoms with Gasteiger partial charge in [0.15, 0.2) is 5.82 Å². The third kappa shape index (κ3) is 3.07. The number of rotatable bonds is 4. The first kappa shape index (κ1) is 19.4. The molecule has 5 rings (SSSR count). The van der Waals surface area contributed by atoms with Gasteiger partial charge < -0.3 is 15.1 Å². The molecule has 0 radical (unpaired) electrons. The summed E-state index contributed by atoms with van der Waals surface area (Å²) in [6, 6.07) is 6.50. The van der Waals surface area contributed by atoms with Gasteiger partial charge in [0.1, 0.15) is 22.9 Å². The molecule has 0 amide bonds. The molecule has 0 fully saturated rings. The minimum Gasteiger partial charge on any atom is -0.392 e. The minimum atomic E-state index is -0.432. The number of aryl methyl sites for hydroxylation is 1. The molecule has 0 spiro atoms. The molecule has 4 aromatic rings. The number of hydrogen-bond acceptors (Lipinski definition) is 6.